The Morgan fingerprint density at radius 1 is 1.25 bits per heavy atom. The summed E-state index contributed by atoms with van der Waals surface area (Å²) in [6.45, 7) is 1.68. The van der Waals surface area contributed by atoms with Crippen molar-refractivity contribution in [3.05, 3.63) is 11.6 Å². The van der Waals surface area contributed by atoms with E-state index in [1.165, 1.54) is 12.8 Å². The third-order valence-corrected chi connectivity index (χ3v) is 2.80. The van der Waals surface area contributed by atoms with Gasteiger partial charge in [0.2, 0.25) is 0 Å². The maximum atomic E-state index is 11.8. The first-order valence-corrected chi connectivity index (χ1v) is 6.13. The number of carbonyl (C=O) groups excluding carboxylic acids is 1. The predicted octanol–water partition coefficient (Wildman–Crippen LogP) is 2.50. The molecule has 0 saturated heterocycles. The highest BCUT2D eigenvalue weighted by Crippen LogP contribution is 2.18. The maximum absolute atomic E-state index is 11.8. The van der Waals surface area contributed by atoms with Crippen LogP contribution in [-0.4, -0.2) is 32.7 Å². The highest BCUT2D eigenvalue weighted by Gasteiger charge is 2.10. The second-order valence-electron chi connectivity index (χ2n) is 4.11. The number of Topliss-reactive ketones (excluding diaryl/α,β-unsaturated/α-hetero) is 1. The van der Waals surface area contributed by atoms with Gasteiger partial charge in [-0.25, -0.2) is 0 Å². The summed E-state index contributed by atoms with van der Waals surface area (Å²) in [5.41, 5.74) is 1.02. The Morgan fingerprint density at radius 3 is 2.94 bits per heavy atom. The number of rotatable bonds is 7. The molecule has 1 aliphatic rings. The summed E-state index contributed by atoms with van der Waals surface area (Å²) in [6, 6.07) is 0. The lowest BCUT2D eigenvalue weighted by molar-refractivity contribution is -0.116. The molecule has 0 aliphatic heterocycles. The monoisotopic (exact) mass is 226 g/mol. The molecule has 0 aromatic carbocycles. The summed E-state index contributed by atoms with van der Waals surface area (Å²) in [7, 11) is 1.64. The molecule has 0 aromatic heterocycles. The molecular weight excluding hydrogens is 204 g/mol. The molecule has 0 saturated carbocycles. The minimum atomic E-state index is 0.263. The first kappa shape index (κ1) is 13.4. The van der Waals surface area contributed by atoms with Gasteiger partial charge in [0.1, 0.15) is 0 Å². The molecule has 0 N–H and O–H groups in total. The molecule has 0 heterocycles. The summed E-state index contributed by atoms with van der Waals surface area (Å²) in [5, 5.41) is 0. The fraction of sp³-hybridized carbons (Fsp3) is 0.769. The second kappa shape index (κ2) is 8.48. The van der Waals surface area contributed by atoms with Gasteiger partial charge in [-0.1, -0.05) is 12.5 Å². The minimum absolute atomic E-state index is 0.263. The number of methoxy groups -OCH3 is 1. The minimum Gasteiger partial charge on any atom is -0.382 e. The van der Waals surface area contributed by atoms with Gasteiger partial charge >= 0.3 is 0 Å². The number of hydrogen-bond acceptors (Lipinski definition) is 3. The van der Waals surface area contributed by atoms with Crippen molar-refractivity contribution >= 4 is 5.78 Å². The normalized spacial score (nSPS) is 16.7. The van der Waals surface area contributed by atoms with Crippen LogP contribution in [0.2, 0.25) is 0 Å². The standard InChI is InChI=1S/C13H22O3/c1-15-10-11-16-9-8-13(14)12-6-4-2-3-5-7-12/h6H,2-5,7-11H2,1H3. The summed E-state index contributed by atoms with van der Waals surface area (Å²) in [6.07, 6.45) is 8.27. The molecule has 3 nitrogen and oxygen atoms in total. The fourth-order valence-corrected chi connectivity index (χ4v) is 1.84. The van der Waals surface area contributed by atoms with Crippen LogP contribution in [0.4, 0.5) is 0 Å². The summed E-state index contributed by atoms with van der Waals surface area (Å²) >= 11 is 0. The van der Waals surface area contributed by atoms with Crippen molar-refractivity contribution in [1.29, 1.82) is 0 Å². The number of ether oxygens (including phenoxy) is 2. The Kier molecular flexibility index (Phi) is 7.10. The highest BCUT2D eigenvalue weighted by atomic mass is 16.5. The van der Waals surface area contributed by atoms with Crippen LogP contribution < -0.4 is 0 Å². The average Bonchev–Trinajstić information content (AvgIpc) is 2.57. The third kappa shape index (κ3) is 5.42. The van der Waals surface area contributed by atoms with Crippen LogP contribution in [0.1, 0.15) is 38.5 Å². The largest absolute Gasteiger partial charge is 0.382 e. The van der Waals surface area contributed by atoms with Crippen molar-refractivity contribution in [1.82, 2.24) is 0 Å². The van der Waals surface area contributed by atoms with Gasteiger partial charge in [0.25, 0.3) is 0 Å². The third-order valence-electron chi connectivity index (χ3n) is 2.80. The maximum Gasteiger partial charge on any atom is 0.160 e. The Labute approximate surface area is 97.8 Å². The van der Waals surface area contributed by atoms with Gasteiger partial charge in [-0.2, -0.15) is 0 Å². The van der Waals surface area contributed by atoms with E-state index in [2.05, 4.69) is 6.08 Å². The lowest BCUT2D eigenvalue weighted by Gasteiger charge is -2.05. The molecule has 3 heteroatoms. The van der Waals surface area contributed by atoms with Gasteiger partial charge in [0, 0.05) is 13.5 Å². The van der Waals surface area contributed by atoms with E-state index in [-0.39, 0.29) is 5.78 Å². The summed E-state index contributed by atoms with van der Waals surface area (Å²) in [4.78, 5) is 11.8. The molecule has 0 amide bonds. The Balaban J connectivity index is 2.15. The quantitative estimate of drug-likeness (QED) is 0.626. The molecule has 0 atom stereocenters. The smallest absolute Gasteiger partial charge is 0.160 e. The van der Waals surface area contributed by atoms with E-state index >= 15 is 0 Å². The zero-order chi connectivity index (χ0) is 11.6. The predicted molar refractivity (Wildman–Crippen MR) is 63.5 cm³/mol. The van der Waals surface area contributed by atoms with E-state index in [1.54, 1.807) is 7.11 Å². The molecule has 0 fully saturated rings. The molecule has 16 heavy (non-hydrogen) atoms. The van der Waals surface area contributed by atoms with Gasteiger partial charge in [-0.15, -0.1) is 0 Å². The summed E-state index contributed by atoms with van der Waals surface area (Å²) < 4.78 is 10.2. The zero-order valence-electron chi connectivity index (χ0n) is 10.2. The van der Waals surface area contributed by atoms with Gasteiger partial charge in [-0.3, -0.25) is 4.79 Å². The van der Waals surface area contributed by atoms with Crippen molar-refractivity contribution in [3.63, 3.8) is 0 Å². The van der Waals surface area contributed by atoms with Crippen LogP contribution in [0.15, 0.2) is 11.6 Å². The van der Waals surface area contributed by atoms with Gasteiger partial charge < -0.3 is 9.47 Å². The van der Waals surface area contributed by atoms with Crippen LogP contribution in [0.3, 0.4) is 0 Å². The first-order valence-electron chi connectivity index (χ1n) is 6.13. The van der Waals surface area contributed by atoms with Crippen LogP contribution in [-0.2, 0) is 14.3 Å². The average molecular weight is 226 g/mol. The molecule has 1 aliphatic carbocycles. The van der Waals surface area contributed by atoms with E-state index in [0.29, 0.717) is 26.2 Å². The lowest BCUT2D eigenvalue weighted by atomic mass is 10.0. The molecule has 0 radical (unpaired) electrons. The highest BCUT2D eigenvalue weighted by molar-refractivity contribution is 5.95. The number of hydrogen-bond donors (Lipinski definition) is 0. The van der Waals surface area contributed by atoms with Crippen LogP contribution in [0, 0.1) is 0 Å². The van der Waals surface area contributed by atoms with Crippen LogP contribution in [0.5, 0.6) is 0 Å². The Morgan fingerprint density at radius 2 is 2.12 bits per heavy atom. The number of allylic oxidation sites excluding steroid dienone is 2. The SMILES string of the molecule is COCCOCCC(=O)C1=CCCCCC1. The molecule has 0 bridgehead atoms. The number of ketones is 1. The Hall–Kier alpha value is -0.670. The van der Waals surface area contributed by atoms with Crippen molar-refractivity contribution in [2.24, 2.45) is 0 Å². The molecule has 1 rings (SSSR count). The van der Waals surface area contributed by atoms with E-state index < -0.39 is 0 Å². The Bertz CT molecular complexity index is 233. The fourth-order valence-electron chi connectivity index (χ4n) is 1.84. The van der Waals surface area contributed by atoms with E-state index in [4.69, 9.17) is 9.47 Å². The van der Waals surface area contributed by atoms with Gasteiger partial charge in [0.05, 0.1) is 19.8 Å². The lowest BCUT2D eigenvalue weighted by Crippen LogP contribution is -2.09. The topological polar surface area (TPSA) is 35.5 Å². The molecule has 92 valence electrons. The molecular formula is C13H22O3. The van der Waals surface area contributed by atoms with Crippen molar-refractivity contribution in [2.75, 3.05) is 26.9 Å². The van der Waals surface area contributed by atoms with Crippen molar-refractivity contribution in [3.8, 4) is 0 Å². The van der Waals surface area contributed by atoms with E-state index in [9.17, 15) is 4.79 Å². The zero-order valence-corrected chi connectivity index (χ0v) is 10.2. The second-order valence-corrected chi connectivity index (χ2v) is 4.11. The van der Waals surface area contributed by atoms with Crippen LogP contribution in [0.25, 0.3) is 0 Å². The molecule has 0 spiro atoms. The number of carbonyl (C=O) groups is 1. The molecule has 0 aromatic rings. The van der Waals surface area contributed by atoms with E-state index in [0.717, 1.165) is 24.8 Å². The van der Waals surface area contributed by atoms with Crippen LogP contribution >= 0.6 is 0 Å². The van der Waals surface area contributed by atoms with Crippen molar-refractivity contribution < 1.29 is 14.3 Å². The van der Waals surface area contributed by atoms with Gasteiger partial charge in [-0.05, 0) is 31.3 Å². The van der Waals surface area contributed by atoms with Gasteiger partial charge in [0.15, 0.2) is 5.78 Å². The van der Waals surface area contributed by atoms with E-state index in [1.807, 2.05) is 0 Å². The summed E-state index contributed by atoms with van der Waals surface area (Å²) in [5.74, 6) is 0.263. The van der Waals surface area contributed by atoms with Crippen molar-refractivity contribution in [2.45, 2.75) is 38.5 Å². The molecule has 0 unspecified atom stereocenters. The first-order chi connectivity index (χ1) is 7.84.